The van der Waals surface area contributed by atoms with Crippen molar-refractivity contribution >= 4 is 29.9 Å². The van der Waals surface area contributed by atoms with Crippen molar-refractivity contribution in [1.29, 1.82) is 0 Å². The Bertz CT molecular complexity index is 423. The van der Waals surface area contributed by atoms with E-state index in [1.165, 1.54) is 0 Å². The van der Waals surface area contributed by atoms with Crippen molar-refractivity contribution < 1.29 is 9.53 Å². The lowest BCUT2D eigenvalue weighted by molar-refractivity contribution is -0.144. The minimum atomic E-state index is -0.372. The van der Waals surface area contributed by atoms with Gasteiger partial charge in [0.2, 0.25) is 0 Å². The minimum absolute atomic E-state index is 0. The Hall–Kier alpha value is -0.810. The molecule has 1 amide bonds. The summed E-state index contributed by atoms with van der Waals surface area (Å²) in [5, 5.41) is 3.83. The largest absolute Gasteiger partial charge is 0.366 e. The Morgan fingerprint density at radius 1 is 1.58 bits per heavy atom. The molecule has 1 N–H and O–H groups in total. The molecular weight excluding hydrogens is 287 g/mol. The first-order valence-corrected chi connectivity index (χ1v) is 6.36. The molecule has 0 aromatic heterocycles. The van der Waals surface area contributed by atoms with Gasteiger partial charge in [0.25, 0.3) is 5.91 Å². The third kappa shape index (κ3) is 4.66. The molecule has 0 saturated carbocycles. The maximum Gasteiger partial charge on any atom is 0.253 e. The Balaban J connectivity index is 0.00000180. The van der Waals surface area contributed by atoms with Crippen LogP contribution in [0.2, 0.25) is 5.02 Å². The van der Waals surface area contributed by atoms with Crippen LogP contribution >= 0.6 is 24.0 Å². The number of amides is 1. The number of carbonyl (C=O) groups excluding carboxylic acids is 1. The van der Waals surface area contributed by atoms with Crippen LogP contribution in [0.4, 0.5) is 0 Å². The predicted octanol–water partition coefficient (Wildman–Crippen LogP) is 1.71. The first-order chi connectivity index (χ1) is 8.66. The Labute approximate surface area is 124 Å². The Kier molecular flexibility index (Phi) is 6.58. The number of benzene rings is 1. The van der Waals surface area contributed by atoms with Gasteiger partial charge in [-0.2, -0.15) is 0 Å². The molecule has 19 heavy (non-hydrogen) atoms. The van der Waals surface area contributed by atoms with E-state index in [-0.39, 0.29) is 24.4 Å². The molecule has 1 unspecified atom stereocenters. The molecule has 1 aliphatic rings. The number of hydrogen-bond acceptors (Lipinski definition) is 3. The van der Waals surface area contributed by atoms with Gasteiger partial charge in [-0.15, -0.1) is 12.4 Å². The molecule has 0 spiro atoms. The van der Waals surface area contributed by atoms with Crippen LogP contribution in [0.1, 0.15) is 5.56 Å². The van der Waals surface area contributed by atoms with Gasteiger partial charge < -0.3 is 15.0 Å². The highest BCUT2D eigenvalue weighted by molar-refractivity contribution is 6.30. The Morgan fingerprint density at radius 3 is 3.00 bits per heavy atom. The fourth-order valence-electron chi connectivity index (χ4n) is 1.96. The predicted molar refractivity (Wildman–Crippen MR) is 77.8 cm³/mol. The van der Waals surface area contributed by atoms with Crippen LogP contribution in [0.15, 0.2) is 24.3 Å². The van der Waals surface area contributed by atoms with Crippen LogP contribution in [0, 0.1) is 0 Å². The average Bonchev–Trinajstić information content (AvgIpc) is 2.39. The van der Waals surface area contributed by atoms with E-state index in [1.807, 2.05) is 24.3 Å². The van der Waals surface area contributed by atoms with E-state index in [9.17, 15) is 4.79 Å². The smallest absolute Gasteiger partial charge is 0.253 e. The second-order valence-electron chi connectivity index (χ2n) is 4.39. The van der Waals surface area contributed by atoms with Crippen LogP contribution in [-0.2, 0) is 16.1 Å². The van der Waals surface area contributed by atoms with E-state index >= 15 is 0 Å². The minimum Gasteiger partial charge on any atom is -0.366 e. The first-order valence-electron chi connectivity index (χ1n) is 5.98. The van der Waals surface area contributed by atoms with Gasteiger partial charge in [0.05, 0.1) is 6.61 Å². The third-order valence-corrected chi connectivity index (χ3v) is 3.12. The second kappa shape index (κ2) is 7.70. The molecule has 1 aromatic carbocycles. The molecule has 0 bridgehead atoms. The zero-order valence-electron chi connectivity index (χ0n) is 10.8. The number of nitrogens with zero attached hydrogens (tertiary/aromatic N) is 1. The number of morpholine rings is 1. The lowest BCUT2D eigenvalue weighted by Gasteiger charge is -2.27. The molecule has 106 valence electrons. The van der Waals surface area contributed by atoms with E-state index in [4.69, 9.17) is 16.3 Å². The van der Waals surface area contributed by atoms with Crippen LogP contribution in [0.25, 0.3) is 0 Å². The molecular formula is C13H18Cl2N2O2. The van der Waals surface area contributed by atoms with E-state index in [2.05, 4.69) is 5.32 Å². The normalized spacial score (nSPS) is 18.5. The molecule has 6 heteroatoms. The van der Waals surface area contributed by atoms with Gasteiger partial charge in [-0.1, -0.05) is 23.7 Å². The third-order valence-electron chi connectivity index (χ3n) is 2.89. The molecule has 2 rings (SSSR count). The number of halogens is 2. The standard InChI is InChI=1S/C13H17ClN2O2.ClH/c1-16(9-10-3-2-4-11(14)7-10)13(17)12-8-15-5-6-18-12;/h2-4,7,12,15H,5-6,8-9H2,1H3;1H. The highest BCUT2D eigenvalue weighted by Gasteiger charge is 2.24. The summed E-state index contributed by atoms with van der Waals surface area (Å²) in [4.78, 5) is 13.8. The summed E-state index contributed by atoms with van der Waals surface area (Å²) in [6.07, 6.45) is -0.372. The van der Waals surface area contributed by atoms with Gasteiger partial charge in [-0.25, -0.2) is 0 Å². The molecule has 1 fully saturated rings. The van der Waals surface area contributed by atoms with Crippen LogP contribution in [0.5, 0.6) is 0 Å². The monoisotopic (exact) mass is 304 g/mol. The number of rotatable bonds is 3. The lowest BCUT2D eigenvalue weighted by atomic mass is 10.2. The summed E-state index contributed by atoms with van der Waals surface area (Å²) in [7, 11) is 1.78. The number of hydrogen-bond donors (Lipinski definition) is 1. The summed E-state index contributed by atoms with van der Waals surface area (Å²) < 4.78 is 5.44. The van der Waals surface area contributed by atoms with E-state index in [0.29, 0.717) is 24.7 Å². The molecule has 1 aliphatic heterocycles. The van der Waals surface area contributed by atoms with Crippen molar-refractivity contribution in [3.8, 4) is 0 Å². The van der Waals surface area contributed by atoms with Crippen LogP contribution in [0.3, 0.4) is 0 Å². The SMILES string of the molecule is CN(Cc1cccc(Cl)c1)C(=O)C1CNCCO1.Cl. The summed E-state index contributed by atoms with van der Waals surface area (Å²) in [6, 6.07) is 7.52. The number of nitrogens with one attached hydrogen (secondary N) is 1. The summed E-state index contributed by atoms with van der Waals surface area (Å²) in [5.41, 5.74) is 1.02. The van der Waals surface area contributed by atoms with E-state index < -0.39 is 0 Å². The van der Waals surface area contributed by atoms with Crippen molar-refractivity contribution in [3.63, 3.8) is 0 Å². The quantitative estimate of drug-likeness (QED) is 0.924. The molecule has 1 atom stereocenters. The van der Waals surface area contributed by atoms with Gasteiger partial charge in [0, 0.05) is 31.7 Å². The lowest BCUT2D eigenvalue weighted by Crippen LogP contribution is -2.48. The molecule has 1 heterocycles. The molecule has 0 radical (unpaired) electrons. The summed E-state index contributed by atoms with van der Waals surface area (Å²) in [5.74, 6) is 0.00201. The molecule has 1 saturated heterocycles. The Morgan fingerprint density at radius 2 is 2.37 bits per heavy atom. The van der Waals surface area contributed by atoms with Gasteiger partial charge in [0.1, 0.15) is 6.10 Å². The maximum atomic E-state index is 12.1. The van der Waals surface area contributed by atoms with E-state index in [0.717, 1.165) is 12.1 Å². The van der Waals surface area contributed by atoms with Gasteiger partial charge >= 0.3 is 0 Å². The number of carbonyl (C=O) groups is 1. The van der Waals surface area contributed by atoms with Gasteiger partial charge in [0.15, 0.2) is 0 Å². The number of ether oxygens (including phenoxy) is 1. The topological polar surface area (TPSA) is 41.6 Å². The highest BCUT2D eigenvalue weighted by atomic mass is 35.5. The average molecular weight is 305 g/mol. The first kappa shape index (κ1) is 16.2. The zero-order valence-corrected chi connectivity index (χ0v) is 12.3. The summed E-state index contributed by atoms with van der Waals surface area (Å²) >= 11 is 5.92. The number of likely N-dealkylation sites (N-methyl/N-ethyl adjacent to an activating group) is 1. The molecule has 0 aliphatic carbocycles. The van der Waals surface area contributed by atoms with Crippen molar-refractivity contribution in [3.05, 3.63) is 34.9 Å². The van der Waals surface area contributed by atoms with E-state index in [1.54, 1.807) is 11.9 Å². The van der Waals surface area contributed by atoms with Crippen molar-refractivity contribution in [1.82, 2.24) is 10.2 Å². The highest BCUT2D eigenvalue weighted by Crippen LogP contribution is 2.13. The fraction of sp³-hybridized carbons (Fsp3) is 0.462. The van der Waals surface area contributed by atoms with Crippen LogP contribution < -0.4 is 5.32 Å². The summed E-state index contributed by atoms with van der Waals surface area (Å²) in [6.45, 7) is 2.52. The zero-order chi connectivity index (χ0) is 13.0. The van der Waals surface area contributed by atoms with Gasteiger partial charge in [-0.05, 0) is 17.7 Å². The second-order valence-corrected chi connectivity index (χ2v) is 4.82. The molecule has 4 nitrogen and oxygen atoms in total. The van der Waals surface area contributed by atoms with Crippen molar-refractivity contribution in [2.75, 3.05) is 26.7 Å². The maximum absolute atomic E-state index is 12.1. The van der Waals surface area contributed by atoms with Gasteiger partial charge in [-0.3, -0.25) is 4.79 Å². The van der Waals surface area contributed by atoms with Crippen molar-refractivity contribution in [2.24, 2.45) is 0 Å². The van der Waals surface area contributed by atoms with Crippen LogP contribution in [-0.4, -0.2) is 43.7 Å². The molecule has 1 aromatic rings. The van der Waals surface area contributed by atoms with Crippen molar-refractivity contribution in [2.45, 2.75) is 12.6 Å². The fourth-order valence-corrected chi connectivity index (χ4v) is 2.17.